The molecule has 74 valence electrons. The molecule has 0 heterocycles. The predicted octanol–water partition coefficient (Wildman–Crippen LogP) is 0.909. The third kappa shape index (κ3) is 2.33. The number of carboxylic acid groups (broad SMARTS) is 1. The molecule has 1 aromatic rings. The van der Waals surface area contributed by atoms with Gasteiger partial charge in [-0.15, -0.1) is 0 Å². The first-order valence-corrected chi connectivity index (χ1v) is 4.41. The molecule has 1 unspecified atom stereocenters. The highest BCUT2D eigenvalue weighted by atomic mass is 35.5. The Morgan fingerprint density at radius 1 is 1.29 bits per heavy atom. The molecule has 0 bridgehead atoms. The lowest BCUT2D eigenvalue weighted by molar-refractivity contribution is -0.308. The minimum atomic E-state index is -1.37. The van der Waals surface area contributed by atoms with E-state index in [1.807, 2.05) is 0 Å². The van der Waals surface area contributed by atoms with Crippen LogP contribution in [0.3, 0.4) is 0 Å². The van der Waals surface area contributed by atoms with Crippen LogP contribution in [-0.2, 0) is 4.79 Å². The Morgan fingerprint density at radius 3 is 2.21 bits per heavy atom. The smallest absolute Gasteiger partial charge is 0.171 e. The van der Waals surface area contributed by atoms with Gasteiger partial charge in [0.1, 0.15) is 0 Å². The third-order valence-corrected chi connectivity index (χ3v) is 2.13. The third-order valence-electron chi connectivity index (χ3n) is 1.88. The van der Waals surface area contributed by atoms with Crippen molar-refractivity contribution in [2.45, 2.75) is 6.92 Å². The lowest BCUT2D eigenvalue weighted by atomic mass is 10.00. The van der Waals surface area contributed by atoms with Gasteiger partial charge in [-0.05, 0) is 31.2 Å². The lowest BCUT2D eigenvalue weighted by Crippen LogP contribution is -2.34. The van der Waals surface area contributed by atoms with E-state index in [9.17, 15) is 14.7 Å². The second kappa shape index (κ2) is 4.24. The molecule has 1 rings (SSSR count). The molecule has 4 heteroatoms. The summed E-state index contributed by atoms with van der Waals surface area (Å²) in [5, 5.41) is 10.9. The van der Waals surface area contributed by atoms with Crippen molar-refractivity contribution in [2.75, 3.05) is 0 Å². The molecule has 14 heavy (non-hydrogen) atoms. The van der Waals surface area contributed by atoms with Crippen LogP contribution < -0.4 is 5.11 Å². The molecule has 0 aromatic heterocycles. The minimum absolute atomic E-state index is 0.325. The summed E-state index contributed by atoms with van der Waals surface area (Å²) < 4.78 is 0. The number of carboxylic acids is 1. The van der Waals surface area contributed by atoms with Crippen molar-refractivity contribution in [3.05, 3.63) is 34.9 Å². The van der Waals surface area contributed by atoms with Crippen molar-refractivity contribution >= 4 is 23.4 Å². The van der Waals surface area contributed by atoms with Crippen LogP contribution in [0.4, 0.5) is 0 Å². The molecule has 0 saturated carbocycles. The molecule has 1 atom stereocenters. The van der Waals surface area contributed by atoms with Gasteiger partial charge in [0.05, 0.1) is 11.9 Å². The van der Waals surface area contributed by atoms with E-state index >= 15 is 0 Å². The van der Waals surface area contributed by atoms with Gasteiger partial charge in [0.15, 0.2) is 5.78 Å². The fourth-order valence-corrected chi connectivity index (χ4v) is 1.10. The molecular weight excluding hydrogens is 204 g/mol. The van der Waals surface area contributed by atoms with E-state index in [4.69, 9.17) is 11.6 Å². The minimum Gasteiger partial charge on any atom is -0.549 e. The van der Waals surface area contributed by atoms with Crippen LogP contribution in [0.15, 0.2) is 24.3 Å². The van der Waals surface area contributed by atoms with Gasteiger partial charge in [-0.3, -0.25) is 4.79 Å². The molecule has 0 aliphatic heterocycles. The molecule has 0 aliphatic rings. The first kappa shape index (κ1) is 10.7. The number of hydrogen-bond donors (Lipinski definition) is 0. The molecular formula is C10H8ClO3-. The number of aliphatic carboxylic acids is 1. The summed E-state index contributed by atoms with van der Waals surface area (Å²) in [6.45, 7) is 1.30. The van der Waals surface area contributed by atoms with Crippen molar-refractivity contribution in [3.8, 4) is 0 Å². The summed E-state index contributed by atoms with van der Waals surface area (Å²) in [5.74, 6) is -2.97. The van der Waals surface area contributed by atoms with Crippen LogP contribution in [0.5, 0.6) is 0 Å². The molecule has 0 radical (unpaired) electrons. The van der Waals surface area contributed by atoms with Gasteiger partial charge in [0, 0.05) is 10.6 Å². The summed E-state index contributed by atoms with van der Waals surface area (Å²) in [6.07, 6.45) is 0. The Hall–Kier alpha value is -1.35. The van der Waals surface area contributed by atoms with E-state index in [1.165, 1.54) is 31.2 Å². The largest absolute Gasteiger partial charge is 0.549 e. The summed E-state index contributed by atoms with van der Waals surface area (Å²) in [4.78, 5) is 21.9. The second-order valence-corrected chi connectivity index (χ2v) is 3.35. The number of halogens is 1. The van der Waals surface area contributed by atoms with Gasteiger partial charge in [0.2, 0.25) is 0 Å². The van der Waals surface area contributed by atoms with Gasteiger partial charge >= 0.3 is 0 Å². The maximum Gasteiger partial charge on any atom is 0.171 e. The van der Waals surface area contributed by atoms with Gasteiger partial charge < -0.3 is 9.90 Å². The molecule has 0 fully saturated rings. The number of ketones is 1. The molecule has 0 aliphatic carbocycles. The van der Waals surface area contributed by atoms with E-state index in [0.29, 0.717) is 10.6 Å². The average Bonchev–Trinajstić information content (AvgIpc) is 2.16. The monoisotopic (exact) mass is 211 g/mol. The Labute approximate surface area is 86.3 Å². The molecule has 3 nitrogen and oxygen atoms in total. The van der Waals surface area contributed by atoms with Crippen LogP contribution >= 0.6 is 11.6 Å². The number of carbonyl (C=O) groups excluding carboxylic acids is 2. The summed E-state index contributed by atoms with van der Waals surface area (Å²) in [6, 6.07) is 6.06. The molecule has 0 N–H and O–H groups in total. The zero-order valence-corrected chi connectivity index (χ0v) is 8.25. The van der Waals surface area contributed by atoms with Crippen molar-refractivity contribution in [3.63, 3.8) is 0 Å². The standard InChI is InChI=1S/C10H9ClO3/c1-6(10(13)14)9(12)7-2-4-8(11)5-3-7/h2-6H,1H3,(H,13,14)/p-1. The first-order valence-electron chi connectivity index (χ1n) is 4.03. The quantitative estimate of drug-likeness (QED) is 0.552. The van der Waals surface area contributed by atoms with Crippen LogP contribution in [0.25, 0.3) is 0 Å². The van der Waals surface area contributed by atoms with Crippen molar-refractivity contribution in [1.82, 2.24) is 0 Å². The van der Waals surface area contributed by atoms with E-state index in [2.05, 4.69) is 0 Å². The Bertz CT molecular complexity index is 356. The zero-order chi connectivity index (χ0) is 10.7. The number of hydrogen-bond acceptors (Lipinski definition) is 3. The van der Waals surface area contributed by atoms with E-state index in [-0.39, 0.29) is 0 Å². The zero-order valence-electron chi connectivity index (χ0n) is 7.49. The highest BCUT2D eigenvalue weighted by Gasteiger charge is 2.15. The van der Waals surface area contributed by atoms with Gasteiger partial charge in [-0.1, -0.05) is 11.6 Å². The van der Waals surface area contributed by atoms with E-state index in [0.717, 1.165) is 0 Å². The Kier molecular flexibility index (Phi) is 3.25. The van der Waals surface area contributed by atoms with Crippen LogP contribution in [0.1, 0.15) is 17.3 Å². The molecule has 0 amide bonds. The second-order valence-electron chi connectivity index (χ2n) is 2.91. The number of Topliss-reactive ketones (excluding diaryl/α,β-unsaturated/α-hetero) is 1. The maximum atomic E-state index is 11.4. The van der Waals surface area contributed by atoms with E-state index in [1.54, 1.807) is 0 Å². The van der Waals surface area contributed by atoms with E-state index < -0.39 is 17.7 Å². The predicted molar refractivity (Wildman–Crippen MR) is 50.0 cm³/mol. The van der Waals surface area contributed by atoms with Gasteiger partial charge in [-0.25, -0.2) is 0 Å². The fraction of sp³-hybridized carbons (Fsp3) is 0.200. The van der Waals surface area contributed by atoms with Crippen molar-refractivity contribution in [1.29, 1.82) is 0 Å². The number of carbonyl (C=O) groups is 2. The highest BCUT2D eigenvalue weighted by Crippen LogP contribution is 2.13. The molecule has 0 saturated heterocycles. The number of rotatable bonds is 3. The normalized spacial score (nSPS) is 12.1. The Morgan fingerprint density at radius 2 is 1.79 bits per heavy atom. The van der Waals surface area contributed by atoms with Crippen molar-refractivity contribution in [2.24, 2.45) is 5.92 Å². The van der Waals surface area contributed by atoms with Crippen molar-refractivity contribution < 1.29 is 14.7 Å². The summed E-state index contributed by atoms with van der Waals surface area (Å²) >= 11 is 5.62. The van der Waals surface area contributed by atoms with Crippen LogP contribution in [0, 0.1) is 5.92 Å². The molecule has 1 aromatic carbocycles. The maximum absolute atomic E-state index is 11.4. The summed E-state index contributed by atoms with van der Waals surface area (Å²) in [5.41, 5.74) is 0.325. The first-order chi connectivity index (χ1) is 6.52. The summed E-state index contributed by atoms with van der Waals surface area (Å²) in [7, 11) is 0. The fourth-order valence-electron chi connectivity index (χ4n) is 0.971. The lowest BCUT2D eigenvalue weighted by Gasteiger charge is -2.10. The van der Waals surface area contributed by atoms with Crippen LogP contribution in [-0.4, -0.2) is 11.8 Å². The SMILES string of the molecule is CC(C(=O)[O-])C(=O)c1ccc(Cl)cc1. The average molecular weight is 212 g/mol. The Balaban J connectivity index is 2.90. The highest BCUT2D eigenvalue weighted by molar-refractivity contribution is 6.30. The topological polar surface area (TPSA) is 57.2 Å². The number of benzene rings is 1. The van der Waals surface area contributed by atoms with Gasteiger partial charge in [0.25, 0.3) is 0 Å². The van der Waals surface area contributed by atoms with Gasteiger partial charge in [-0.2, -0.15) is 0 Å². The van der Waals surface area contributed by atoms with Crippen LogP contribution in [0.2, 0.25) is 5.02 Å². The molecule has 0 spiro atoms.